The van der Waals surface area contributed by atoms with Crippen LogP contribution in [0.4, 0.5) is 0 Å². The lowest BCUT2D eigenvalue weighted by atomic mass is 10.4. The molecule has 0 bridgehead atoms. The normalized spacial score (nSPS) is 8.00. The first kappa shape index (κ1) is 14.7. The van der Waals surface area contributed by atoms with E-state index in [1.807, 2.05) is 0 Å². The number of rotatable bonds is 3. The van der Waals surface area contributed by atoms with Gasteiger partial charge in [-0.2, -0.15) is 0 Å². The molecule has 0 heterocycles. The lowest BCUT2D eigenvalue weighted by Crippen LogP contribution is -2.08. The van der Waals surface area contributed by atoms with Gasteiger partial charge in [-0.05, 0) is 6.92 Å². The maximum Gasteiger partial charge on any atom is 0.692 e. The van der Waals surface area contributed by atoms with Gasteiger partial charge >= 0.3 is 14.2 Å². The van der Waals surface area contributed by atoms with Crippen molar-refractivity contribution in [3.8, 4) is 0 Å². The fraction of sp³-hybridized carbons (Fsp3) is 0.500. The van der Waals surface area contributed by atoms with Crippen molar-refractivity contribution in [1.82, 2.24) is 0 Å². The van der Waals surface area contributed by atoms with Crippen LogP contribution in [0, 0.1) is 0 Å². The molecule has 6 nitrogen and oxygen atoms in total. The summed E-state index contributed by atoms with van der Waals surface area (Å²) in [6, 6.07) is 0. The van der Waals surface area contributed by atoms with Crippen molar-refractivity contribution in [2.75, 3.05) is 13.2 Å². The maximum atomic E-state index is 10.5. The lowest BCUT2D eigenvalue weighted by Gasteiger charge is -1.99. The van der Waals surface area contributed by atoms with E-state index in [-0.39, 0.29) is 13.2 Å². The number of hydrogen-bond acceptors (Lipinski definition) is 4. The van der Waals surface area contributed by atoms with Gasteiger partial charge in [0, 0.05) is 10.1 Å². The van der Waals surface area contributed by atoms with Crippen LogP contribution in [0.15, 0.2) is 12.2 Å². The molecule has 0 atom stereocenters. The molecular weight excluding hydrogens is 199 g/mol. The quantitative estimate of drug-likeness (QED) is 0.337. The molecule has 0 unspecified atom stereocenters. The number of aliphatic hydroxyl groups excluding tert-OH is 1. The topological polar surface area (TPSA) is 104 Å². The predicted molar refractivity (Wildman–Crippen MR) is 44.9 cm³/mol. The molecule has 0 aliphatic rings. The average molecular weight is 211 g/mol. The maximum absolute atomic E-state index is 10.5. The van der Waals surface area contributed by atoms with E-state index in [0.29, 0.717) is 5.57 Å². The number of hydrogen-bond donors (Lipinski definition) is 3. The highest BCUT2D eigenvalue weighted by atomic mass is 31.1. The molecule has 0 saturated carbocycles. The number of carbonyl (C=O) groups excluding carboxylic acids is 1. The number of esters is 1. The summed E-state index contributed by atoms with van der Waals surface area (Å²) in [6.07, 6.45) is 0. The fourth-order valence-corrected chi connectivity index (χ4v) is 0.262. The predicted octanol–water partition coefficient (Wildman–Crippen LogP) is -0.274. The van der Waals surface area contributed by atoms with Crippen molar-refractivity contribution in [3.63, 3.8) is 0 Å². The summed E-state index contributed by atoms with van der Waals surface area (Å²) in [5.74, 6) is -0.455. The zero-order valence-corrected chi connectivity index (χ0v) is 8.03. The average Bonchev–Trinajstić information content (AvgIpc) is 1.98. The Morgan fingerprint density at radius 3 is 2.15 bits per heavy atom. The largest absolute Gasteiger partial charge is 0.692 e. The third-order valence-electron chi connectivity index (χ3n) is 0.673. The van der Waals surface area contributed by atoms with E-state index < -0.39 is 14.2 Å². The molecular formula is C6H12O6P+. The highest BCUT2D eigenvalue weighted by Gasteiger charge is 1.99. The molecule has 7 heteroatoms. The van der Waals surface area contributed by atoms with Gasteiger partial charge in [0.05, 0.1) is 6.61 Å². The van der Waals surface area contributed by atoms with E-state index in [2.05, 4.69) is 11.3 Å². The molecule has 0 amide bonds. The summed E-state index contributed by atoms with van der Waals surface area (Å²) >= 11 is 0. The summed E-state index contributed by atoms with van der Waals surface area (Å²) in [7, 11) is -2.87. The molecule has 0 aromatic carbocycles. The molecule has 13 heavy (non-hydrogen) atoms. The van der Waals surface area contributed by atoms with E-state index in [0.717, 1.165) is 0 Å². The van der Waals surface area contributed by atoms with Gasteiger partial charge in [0.2, 0.25) is 0 Å². The van der Waals surface area contributed by atoms with Crippen LogP contribution >= 0.6 is 8.25 Å². The van der Waals surface area contributed by atoms with E-state index in [4.69, 9.17) is 19.5 Å². The molecule has 3 N–H and O–H groups in total. The molecule has 0 aliphatic heterocycles. The van der Waals surface area contributed by atoms with Gasteiger partial charge in [-0.1, -0.05) is 6.58 Å². The van der Waals surface area contributed by atoms with Gasteiger partial charge in [0.15, 0.2) is 0 Å². The Balaban J connectivity index is 0. The van der Waals surface area contributed by atoms with Gasteiger partial charge < -0.3 is 9.84 Å². The van der Waals surface area contributed by atoms with Crippen LogP contribution < -0.4 is 0 Å². The molecule has 76 valence electrons. The van der Waals surface area contributed by atoms with Gasteiger partial charge in [-0.25, -0.2) is 4.79 Å². The van der Waals surface area contributed by atoms with Crippen LogP contribution in [0.25, 0.3) is 0 Å². The highest BCUT2D eigenvalue weighted by molar-refractivity contribution is 7.30. The van der Waals surface area contributed by atoms with Crippen molar-refractivity contribution in [3.05, 3.63) is 12.2 Å². The van der Waals surface area contributed by atoms with Crippen molar-refractivity contribution in [1.29, 1.82) is 0 Å². The van der Waals surface area contributed by atoms with Gasteiger partial charge in [-0.3, -0.25) is 0 Å². The third kappa shape index (κ3) is 18.3. The zero-order valence-electron chi connectivity index (χ0n) is 7.13. The van der Waals surface area contributed by atoms with Crippen molar-refractivity contribution >= 4 is 14.2 Å². The van der Waals surface area contributed by atoms with Crippen LogP contribution in [0.1, 0.15) is 6.92 Å². The molecule has 0 spiro atoms. The summed E-state index contributed by atoms with van der Waals surface area (Å²) in [5.41, 5.74) is 0.350. The number of carbonyl (C=O) groups is 1. The second kappa shape index (κ2) is 9.28. The second-order valence-corrected chi connectivity index (χ2v) is 2.40. The smallest absolute Gasteiger partial charge is 0.460 e. The van der Waals surface area contributed by atoms with Gasteiger partial charge in [0.1, 0.15) is 6.61 Å². The molecule has 0 radical (unpaired) electrons. The molecule has 0 saturated heterocycles. The standard InChI is InChI=1S/C6H10O3.HO3P/c1-5(2)6(8)9-4-3-7;1-4(2)3/h7H,1,3-4H2,2H3;(H-,1,2,3)/p+1. The molecule has 0 aromatic rings. The Kier molecular flexibility index (Phi) is 10.5. The summed E-state index contributed by atoms with van der Waals surface area (Å²) in [6.45, 7) is 4.81. The SMILES string of the molecule is C=C(C)C(=O)OCCO.O=[P+](O)O. The highest BCUT2D eigenvalue weighted by Crippen LogP contribution is 1.98. The Hall–Kier alpha value is -0.810. The van der Waals surface area contributed by atoms with Gasteiger partial charge in [0.25, 0.3) is 0 Å². The first-order valence-corrected chi connectivity index (χ1v) is 4.36. The number of ether oxygens (including phenoxy) is 1. The van der Waals surface area contributed by atoms with Crippen LogP contribution in [0.5, 0.6) is 0 Å². The Morgan fingerprint density at radius 2 is 1.92 bits per heavy atom. The first-order chi connectivity index (χ1) is 5.91. The van der Waals surface area contributed by atoms with Crippen molar-refractivity contribution in [2.24, 2.45) is 0 Å². The summed E-state index contributed by atoms with van der Waals surface area (Å²) < 4.78 is 13.2. The van der Waals surface area contributed by atoms with E-state index >= 15 is 0 Å². The minimum absolute atomic E-state index is 0.0473. The number of aliphatic hydroxyl groups is 1. The monoisotopic (exact) mass is 211 g/mol. The van der Waals surface area contributed by atoms with Crippen molar-refractivity contribution < 1.29 is 29.0 Å². The molecule has 0 aromatic heterocycles. The minimum atomic E-state index is -2.87. The zero-order chi connectivity index (χ0) is 10.9. The van der Waals surface area contributed by atoms with E-state index in [1.165, 1.54) is 0 Å². The summed E-state index contributed by atoms with van der Waals surface area (Å²) in [5, 5.41) is 8.19. The minimum Gasteiger partial charge on any atom is -0.460 e. The summed E-state index contributed by atoms with van der Waals surface area (Å²) in [4.78, 5) is 24.7. The Morgan fingerprint density at radius 1 is 1.54 bits per heavy atom. The molecule has 0 aliphatic carbocycles. The Labute approximate surface area is 76.4 Å². The van der Waals surface area contributed by atoms with Crippen LogP contribution in [-0.4, -0.2) is 34.1 Å². The fourth-order valence-electron chi connectivity index (χ4n) is 0.262. The molecule has 0 rings (SSSR count). The third-order valence-corrected chi connectivity index (χ3v) is 0.673. The van der Waals surface area contributed by atoms with E-state index in [9.17, 15) is 4.79 Å². The first-order valence-electron chi connectivity index (χ1n) is 3.20. The van der Waals surface area contributed by atoms with Gasteiger partial charge in [-0.15, -0.1) is 9.79 Å². The van der Waals surface area contributed by atoms with Crippen LogP contribution in [0.2, 0.25) is 0 Å². The molecule has 0 fully saturated rings. The second-order valence-electron chi connectivity index (χ2n) is 1.89. The van der Waals surface area contributed by atoms with Crippen LogP contribution in [-0.2, 0) is 14.1 Å². The Bertz CT molecular complexity index is 186. The van der Waals surface area contributed by atoms with Crippen molar-refractivity contribution in [2.45, 2.75) is 6.92 Å². The van der Waals surface area contributed by atoms with Crippen LogP contribution in [0.3, 0.4) is 0 Å². The lowest BCUT2D eigenvalue weighted by molar-refractivity contribution is -0.139. The van der Waals surface area contributed by atoms with E-state index in [1.54, 1.807) is 6.92 Å².